The number of hydrogen-bond donors (Lipinski definition) is 2. The molecule has 0 spiro atoms. The van der Waals surface area contributed by atoms with Crippen LogP contribution in [-0.4, -0.2) is 35.4 Å². The van der Waals surface area contributed by atoms with Gasteiger partial charge in [0.25, 0.3) is 0 Å². The van der Waals surface area contributed by atoms with Gasteiger partial charge in [-0.05, 0) is 19.4 Å². The van der Waals surface area contributed by atoms with Gasteiger partial charge in [-0.25, -0.2) is 4.98 Å². The van der Waals surface area contributed by atoms with Crippen LogP contribution in [0.3, 0.4) is 0 Å². The maximum absolute atomic E-state index is 12.5. The molecule has 1 aromatic rings. The molecule has 0 radical (unpaired) electrons. The molecule has 1 aromatic heterocycles. The number of nitrogens with one attached hydrogen (secondary N) is 1. The van der Waals surface area contributed by atoms with Gasteiger partial charge in [0.1, 0.15) is 0 Å². The van der Waals surface area contributed by atoms with Crippen molar-refractivity contribution in [2.75, 3.05) is 25.0 Å². The highest BCUT2D eigenvalue weighted by molar-refractivity contribution is 7.15. The number of rotatable bonds is 6. The number of amides is 1. The standard InChI is InChI=1S/C15H26N4OS.2ClH/c1-4-15(5-2,10-16)13(20)18-14-17-11-7-8-19(6-3)9-12(11)21-14;;/h4-10,16H2,1-3H3,(H,17,18,20);2*1H. The van der Waals surface area contributed by atoms with Crippen LogP contribution in [0.5, 0.6) is 0 Å². The smallest absolute Gasteiger partial charge is 0.233 e. The van der Waals surface area contributed by atoms with Crippen molar-refractivity contribution < 1.29 is 4.79 Å². The van der Waals surface area contributed by atoms with Crippen LogP contribution >= 0.6 is 36.2 Å². The summed E-state index contributed by atoms with van der Waals surface area (Å²) in [6, 6.07) is 0. The van der Waals surface area contributed by atoms with Gasteiger partial charge in [-0.1, -0.05) is 20.8 Å². The Morgan fingerprint density at radius 1 is 1.35 bits per heavy atom. The van der Waals surface area contributed by atoms with E-state index in [1.54, 1.807) is 11.3 Å². The molecule has 1 aliphatic rings. The summed E-state index contributed by atoms with van der Waals surface area (Å²) in [4.78, 5) is 20.8. The zero-order valence-corrected chi connectivity index (χ0v) is 16.5. The first-order chi connectivity index (χ1) is 10.1. The van der Waals surface area contributed by atoms with Crippen molar-refractivity contribution in [1.29, 1.82) is 0 Å². The summed E-state index contributed by atoms with van der Waals surface area (Å²) >= 11 is 1.60. The summed E-state index contributed by atoms with van der Waals surface area (Å²) < 4.78 is 0. The summed E-state index contributed by atoms with van der Waals surface area (Å²) in [5, 5.41) is 3.72. The third-order valence-corrected chi connectivity index (χ3v) is 5.70. The summed E-state index contributed by atoms with van der Waals surface area (Å²) in [5.41, 5.74) is 6.51. The minimum absolute atomic E-state index is 0. The SMILES string of the molecule is CCN1CCc2nc(NC(=O)C(CC)(CC)CN)sc2C1.Cl.Cl. The molecule has 1 aliphatic heterocycles. The van der Waals surface area contributed by atoms with E-state index >= 15 is 0 Å². The molecule has 134 valence electrons. The number of anilines is 1. The highest BCUT2D eigenvalue weighted by Gasteiger charge is 2.34. The number of hydrogen-bond acceptors (Lipinski definition) is 5. The highest BCUT2D eigenvalue weighted by atomic mass is 35.5. The molecular weight excluding hydrogens is 355 g/mol. The monoisotopic (exact) mass is 382 g/mol. The molecule has 0 aromatic carbocycles. The number of fused-ring (bicyclic) bond motifs is 1. The number of carbonyl (C=O) groups excluding carboxylic acids is 1. The molecule has 0 unspecified atom stereocenters. The van der Waals surface area contributed by atoms with Crippen LogP contribution < -0.4 is 11.1 Å². The third kappa shape index (κ3) is 4.79. The van der Waals surface area contributed by atoms with Gasteiger partial charge in [0.05, 0.1) is 11.1 Å². The second-order valence-electron chi connectivity index (χ2n) is 5.65. The van der Waals surface area contributed by atoms with E-state index in [1.807, 2.05) is 13.8 Å². The molecule has 0 saturated heterocycles. The van der Waals surface area contributed by atoms with Crippen LogP contribution in [0.2, 0.25) is 0 Å². The van der Waals surface area contributed by atoms with Crippen molar-refractivity contribution in [3.8, 4) is 0 Å². The Kier molecular flexibility index (Phi) is 9.62. The third-order valence-electron chi connectivity index (χ3n) is 4.70. The molecule has 0 aliphatic carbocycles. The van der Waals surface area contributed by atoms with Crippen molar-refractivity contribution in [2.24, 2.45) is 11.1 Å². The lowest BCUT2D eigenvalue weighted by molar-refractivity contribution is -0.125. The number of thiazole rings is 1. The average Bonchev–Trinajstić information content (AvgIpc) is 2.90. The van der Waals surface area contributed by atoms with E-state index in [9.17, 15) is 4.79 Å². The Morgan fingerprint density at radius 2 is 2.00 bits per heavy atom. The van der Waals surface area contributed by atoms with Crippen molar-refractivity contribution in [3.63, 3.8) is 0 Å². The zero-order chi connectivity index (χ0) is 15.5. The molecular formula is C15H28Cl2N4OS. The van der Waals surface area contributed by atoms with Crippen molar-refractivity contribution in [2.45, 2.75) is 46.6 Å². The fourth-order valence-corrected chi connectivity index (χ4v) is 3.80. The first kappa shape index (κ1) is 22.6. The number of nitrogens with zero attached hydrogens (tertiary/aromatic N) is 2. The van der Waals surface area contributed by atoms with E-state index in [1.165, 1.54) is 4.88 Å². The Bertz CT molecular complexity index is 497. The van der Waals surface area contributed by atoms with E-state index in [0.717, 1.165) is 49.7 Å². The summed E-state index contributed by atoms with van der Waals surface area (Å²) in [6.07, 6.45) is 2.47. The lowest BCUT2D eigenvalue weighted by Gasteiger charge is -2.27. The quantitative estimate of drug-likeness (QED) is 0.792. The molecule has 0 bridgehead atoms. The summed E-state index contributed by atoms with van der Waals surface area (Å²) in [6.45, 7) is 9.64. The van der Waals surface area contributed by atoms with Gasteiger partial charge in [-0.15, -0.1) is 36.2 Å². The Hall–Kier alpha value is -0.400. The second-order valence-corrected chi connectivity index (χ2v) is 6.74. The Labute approximate surface area is 155 Å². The fourth-order valence-electron chi connectivity index (χ4n) is 2.75. The maximum atomic E-state index is 12.5. The maximum Gasteiger partial charge on any atom is 0.233 e. The molecule has 5 nitrogen and oxygen atoms in total. The lowest BCUT2D eigenvalue weighted by Crippen LogP contribution is -2.41. The van der Waals surface area contributed by atoms with E-state index in [2.05, 4.69) is 22.1 Å². The Morgan fingerprint density at radius 3 is 2.52 bits per heavy atom. The minimum Gasteiger partial charge on any atom is -0.329 e. The molecule has 3 N–H and O–H groups in total. The number of nitrogens with two attached hydrogens (primary N) is 1. The minimum atomic E-state index is -0.471. The number of carbonyl (C=O) groups is 1. The molecule has 0 saturated carbocycles. The van der Waals surface area contributed by atoms with E-state index in [4.69, 9.17) is 5.73 Å². The van der Waals surface area contributed by atoms with Gasteiger partial charge in [0.15, 0.2) is 5.13 Å². The van der Waals surface area contributed by atoms with Crippen LogP contribution in [0.25, 0.3) is 0 Å². The molecule has 0 atom stereocenters. The number of likely N-dealkylation sites (N-methyl/N-ethyl adjacent to an activating group) is 1. The molecule has 0 fully saturated rings. The second kappa shape index (κ2) is 9.79. The zero-order valence-electron chi connectivity index (χ0n) is 14.1. The van der Waals surface area contributed by atoms with Crippen molar-refractivity contribution >= 4 is 47.2 Å². The largest absolute Gasteiger partial charge is 0.329 e. The average molecular weight is 383 g/mol. The van der Waals surface area contributed by atoms with E-state index in [-0.39, 0.29) is 30.7 Å². The first-order valence-electron chi connectivity index (χ1n) is 7.81. The van der Waals surface area contributed by atoms with Crippen molar-refractivity contribution in [3.05, 3.63) is 10.6 Å². The topological polar surface area (TPSA) is 71.2 Å². The predicted octanol–water partition coefficient (Wildman–Crippen LogP) is 3.07. The van der Waals surface area contributed by atoms with Gasteiger partial charge in [0, 0.05) is 30.9 Å². The van der Waals surface area contributed by atoms with Gasteiger partial charge in [0.2, 0.25) is 5.91 Å². The normalized spacial score (nSPS) is 14.4. The van der Waals surface area contributed by atoms with Gasteiger partial charge >= 0.3 is 0 Å². The van der Waals surface area contributed by atoms with Gasteiger partial charge in [-0.3, -0.25) is 9.69 Å². The molecule has 8 heteroatoms. The van der Waals surface area contributed by atoms with Crippen LogP contribution in [0, 0.1) is 5.41 Å². The highest BCUT2D eigenvalue weighted by Crippen LogP contribution is 2.31. The van der Waals surface area contributed by atoms with Crippen LogP contribution in [-0.2, 0) is 17.8 Å². The van der Waals surface area contributed by atoms with Gasteiger partial charge in [-0.2, -0.15) is 0 Å². The lowest BCUT2D eigenvalue weighted by atomic mass is 9.81. The number of aromatic nitrogens is 1. The summed E-state index contributed by atoms with van der Waals surface area (Å²) in [5.74, 6) is 0.00782. The predicted molar refractivity (Wildman–Crippen MR) is 102 cm³/mol. The molecule has 23 heavy (non-hydrogen) atoms. The van der Waals surface area contributed by atoms with Crippen LogP contribution in [0.4, 0.5) is 5.13 Å². The van der Waals surface area contributed by atoms with Gasteiger partial charge < -0.3 is 11.1 Å². The summed E-state index contributed by atoms with van der Waals surface area (Å²) in [7, 11) is 0. The first-order valence-corrected chi connectivity index (χ1v) is 8.62. The fraction of sp³-hybridized carbons (Fsp3) is 0.733. The van der Waals surface area contributed by atoms with E-state index < -0.39 is 5.41 Å². The molecule has 2 heterocycles. The number of halogens is 2. The van der Waals surface area contributed by atoms with Crippen LogP contribution in [0.15, 0.2) is 0 Å². The molecule has 2 rings (SSSR count). The molecule has 1 amide bonds. The van der Waals surface area contributed by atoms with Crippen LogP contribution in [0.1, 0.15) is 44.2 Å². The Balaban J connectivity index is 0.00000242. The van der Waals surface area contributed by atoms with Crippen molar-refractivity contribution in [1.82, 2.24) is 9.88 Å². The van der Waals surface area contributed by atoms with E-state index in [0.29, 0.717) is 6.54 Å².